The molecule has 3 heteroatoms. The number of ether oxygens (including phenoxy) is 1. The zero-order valence-electron chi connectivity index (χ0n) is 7.99. The maximum atomic E-state index is 11.6. The van der Waals surface area contributed by atoms with Gasteiger partial charge in [-0.05, 0) is 12.1 Å². The van der Waals surface area contributed by atoms with E-state index in [9.17, 15) is 4.79 Å². The number of Topliss-reactive ketones (excluding diaryl/α,β-unsaturated/α-hetero) is 1. The first kappa shape index (κ1) is 10.5. The highest BCUT2D eigenvalue weighted by Gasteiger charge is 2.13. The van der Waals surface area contributed by atoms with E-state index in [1.807, 2.05) is 0 Å². The van der Waals surface area contributed by atoms with Gasteiger partial charge in [-0.1, -0.05) is 18.7 Å². The predicted molar refractivity (Wildman–Crippen MR) is 53.6 cm³/mol. The topological polar surface area (TPSA) is 46.5 Å². The number of hydrogen-bond acceptors (Lipinski definition) is 3. The van der Waals surface area contributed by atoms with Crippen molar-refractivity contribution < 1.29 is 14.6 Å². The van der Waals surface area contributed by atoms with Crippen LogP contribution < -0.4 is 4.74 Å². The molecule has 0 fully saturated rings. The molecule has 0 amide bonds. The smallest absolute Gasteiger partial charge is 0.194 e. The van der Waals surface area contributed by atoms with Crippen molar-refractivity contribution in [2.45, 2.75) is 0 Å². The zero-order chi connectivity index (χ0) is 10.6. The third kappa shape index (κ3) is 2.00. The molecule has 0 saturated heterocycles. The van der Waals surface area contributed by atoms with Crippen molar-refractivity contribution in [1.82, 2.24) is 0 Å². The Hall–Kier alpha value is -1.61. The van der Waals surface area contributed by atoms with E-state index in [-0.39, 0.29) is 18.0 Å². The Kier molecular flexibility index (Phi) is 3.42. The van der Waals surface area contributed by atoms with Crippen LogP contribution in [-0.4, -0.2) is 24.6 Å². The number of carbonyl (C=O) groups excluding carboxylic acids is 1. The average Bonchev–Trinajstić information content (AvgIpc) is 2.26. The van der Waals surface area contributed by atoms with E-state index in [1.54, 1.807) is 24.3 Å². The first-order valence-corrected chi connectivity index (χ1v) is 4.17. The zero-order valence-corrected chi connectivity index (χ0v) is 7.99. The largest absolute Gasteiger partial charge is 0.496 e. The Morgan fingerprint density at radius 3 is 2.71 bits per heavy atom. The summed E-state index contributed by atoms with van der Waals surface area (Å²) in [4.78, 5) is 11.6. The molecule has 0 bridgehead atoms. The van der Waals surface area contributed by atoms with Gasteiger partial charge in [0.2, 0.25) is 0 Å². The van der Waals surface area contributed by atoms with Crippen LogP contribution >= 0.6 is 0 Å². The lowest BCUT2D eigenvalue weighted by atomic mass is 10.0. The van der Waals surface area contributed by atoms with Crippen LogP contribution in [0.3, 0.4) is 0 Å². The number of ketones is 1. The molecular weight excluding hydrogens is 180 g/mol. The second kappa shape index (κ2) is 4.58. The van der Waals surface area contributed by atoms with Gasteiger partial charge in [-0.25, -0.2) is 0 Å². The van der Waals surface area contributed by atoms with Gasteiger partial charge >= 0.3 is 0 Å². The third-order valence-corrected chi connectivity index (χ3v) is 1.86. The predicted octanol–water partition coefficient (Wildman–Crippen LogP) is 1.43. The van der Waals surface area contributed by atoms with E-state index < -0.39 is 0 Å². The van der Waals surface area contributed by atoms with Crippen LogP contribution in [0, 0.1) is 0 Å². The van der Waals surface area contributed by atoms with Crippen molar-refractivity contribution in [2.24, 2.45) is 0 Å². The Balaban J connectivity index is 3.06. The van der Waals surface area contributed by atoms with E-state index in [2.05, 4.69) is 6.58 Å². The summed E-state index contributed by atoms with van der Waals surface area (Å²) in [6.07, 6.45) is 0. The molecule has 0 spiro atoms. The van der Waals surface area contributed by atoms with Gasteiger partial charge in [0.05, 0.1) is 19.3 Å². The van der Waals surface area contributed by atoms with E-state index in [0.717, 1.165) is 0 Å². The van der Waals surface area contributed by atoms with Crippen LogP contribution in [0.2, 0.25) is 0 Å². The normalized spacial score (nSPS) is 9.57. The summed E-state index contributed by atoms with van der Waals surface area (Å²) in [5.74, 6) is 0.206. The molecule has 0 radical (unpaired) electrons. The summed E-state index contributed by atoms with van der Waals surface area (Å²) in [5, 5.41) is 8.77. The fourth-order valence-corrected chi connectivity index (χ4v) is 1.09. The fourth-order valence-electron chi connectivity index (χ4n) is 1.09. The molecule has 74 valence electrons. The van der Waals surface area contributed by atoms with Gasteiger partial charge in [0.1, 0.15) is 5.75 Å². The van der Waals surface area contributed by atoms with Crippen LogP contribution in [0.1, 0.15) is 10.4 Å². The van der Waals surface area contributed by atoms with E-state index in [1.165, 1.54) is 7.11 Å². The summed E-state index contributed by atoms with van der Waals surface area (Å²) < 4.78 is 5.02. The number of methoxy groups -OCH3 is 1. The van der Waals surface area contributed by atoms with E-state index in [0.29, 0.717) is 11.3 Å². The molecule has 0 atom stereocenters. The van der Waals surface area contributed by atoms with Gasteiger partial charge in [-0.2, -0.15) is 0 Å². The van der Waals surface area contributed by atoms with Gasteiger partial charge < -0.3 is 9.84 Å². The number of aliphatic hydroxyl groups excluding tert-OH is 1. The highest BCUT2D eigenvalue weighted by molar-refractivity contribution is 6.10. The lowest BCUT2D eigenvalue weighted by Gasteiger charge is -2.07. The molecule has 14 heavy (non-hydrogen) atoms. The summed E-state index contributed by atoms with van der Waals surface area (Å²) >= 11 is 0. The van der Waals surface area contributed by atoms with Gasteiger partial charge in [0.25, 0.3) is 0 Å². The first-order valence-electron chi connectivity index (χ1n) is 4.17. The monoisotopic (exact) mass is 192 g/mol. The van der Waals surface area contributed by atoms with Crippen LogP contribution in [0.15, 0.2) is 36.4 Å². The second-order valence-electron chi connectivity index (χ2n) is 2.79. The summed E-state index contributed by atoms with van der Waals surface area (Å²) in [6, 6.07) is 6.84. The molecule has 0 aliphatic carbocycles. The Morgan fingerprint density at radius 1 is 1.50 bits per heavy atom. The number of benzene rings is 1. The quantitative estimate of drug-likeness (QED) is 0.579. The number of aliphatic hydroxyl groups is 1. The first-order chi connectivity index (χ1) is 6.70. The maximum absolute atomic E-state index is 11.6. The maximum Gasteiger partial charge on any atom is 0.194 e. The number of para-hydroxylation sites is 1. The van der Waals surface area contributed by atoms with Crippen molar-refractivity contribution in [3.8, 4) is 5.75 Å². The van der Waals surface area contributed by atoms with Crippen molar-refractivity contribution in [2.75, 3.05) is 13.7 Å². The van der Waals surface area contributed by atoms with Crippen molar-refractivity contribution >= 4 is 5.78 Å². The van der Waals surface area contributed by atoms with Crippen LogP contribution in [-0.2, 0) is 0 Å². The molecule has 1 N–H and O–H groups in total. The summed E-state index contributed by atoms with van der Waals surface area (Å²) in [6.45, 7) is 3.13. The molecule has 0 aliphatic rings. The van der Waals surface area contributed by atoms with Gasteiger partial charge in [-0.15, -0.1) is 0 Å². The molecule has 0 aliphatic heterocycles. The van der Waals surface area contributed by atoms with Crippen molar-refractivity contribution in [1.29, 1.82) is 0 Å². The molecule has 0 aromatic heterocycles. The lowest BCUT2D eigenvalue weighted by Crippen LogP contribution is -2.07. The van der Waals surface area contributed by atoms with Gasteiger partial charge in [0, 0.05) is 5.57 Å². The fraction of sp³-hybridized carbons (Fsp3) is 0.182. The minimum absolute atomic E-state index is 0.162. The molecule has 3 nitrogen and oxygen atoms in total. The van der Waals surface area contributed by atoms with Gasteiger partial charge in [-0.3, -0.25) is 4.79 Å². The highest BCUT2D eigenvalue weighted by Crippen LogP contribution is 2.19. The Morgan fingerprint density at radius 2 is 2.14 bits per heavy atom. The molecule has 0 saturated carbocycles. The SMILES string of the molecule is C=C(CO)C(=O)c1ccccc1OC. The van der Waals surface area contributed by atoms with Crippen molar-refractivity contribution in [3.63, 3.8) is 0 Å². The number of rotatable bonds is 4. The van der Waals surface area contributed by atoms with Crippen LogP contribution in [0.25, 0.3) is 0 Å². The molecule has 1 rings (SSSR count). The summed E-state index contributed by atoms with van der Waals surface area (Å²) in [5.41, 5.74) is 0.587. The lowest BCUT2D eigenvalue weighted by molar-refractivity contribution is 0.101. The molecule has 1 aromatic rings. The molecule has 0 unspecified atom stereocenters. The second-order valence-corrected chi connectivity index (χ2v) is 2.79. The van der Waals surface area contributed by atoms with Crippen molar-refractivity contribution in [3.05, 3.63) is 42.0 Å². The number of hydrogen-bond donors (Lipinski definition) is 1. The Bertz CT molecular complexity index is 355. The average molecular weight is 192 g/mol. The van der Waals surface area contributed by atoms with Crippen LogP contribution in [0.5, 0.6) is 5.75 Å². The van der Waals surface area contributed by atoms with Gasteiger partial charge in [0.15, 0.2) is 5.78 Å². The standard InChI is InChI=1S/C11H12O3/c1-8(7-12)11(13)9-5-3-4-6-10(9)14-2/h3-6,12H,1,7H2,2H3. The van der Waals surface area contributed by atoms with Crippen LogP contribution in [0.4, 0.5) is 0 Å². The summed E-state index contributed by atoms with van der Waals surface area (Å²) in [7, 11) is 1.49. The molecule has 1 aromatic carbocycles. The molecule has 0 heterocycles. The number of carbonyl (C=O) groups is 1. The minimum Gasteiger partial charge on any atom is -0.496 e. The van der Waals surface area contributed by atoms with E-state index in [4.69, 9.17) is 9.84 Å². The molecular formula is C11H12O3. The Labute approximate surface area is 82.6 Å². The highest BCUT2D eigenvalue weighted by atomic mass is 16.5. The third-order valence-electron chi connectivity index (χ3n) is 1.86. The minimum atomic E-state index is -0.336. The van der Waals surface area contributed by atoms with E-state index >= 15 is 0 Å².